The van der Waals surface area contributed by atoms with Crippen molar-refractivity contribution in [2.45, 2.75) is 76.7 Å². The summed E-state index contributed by atoms with van der Waals surface area (Å²) in [6.45, 7) is 12.8. The molecule has 0 aliphatic carbocycles. The second-order valence-electron chi connectivity index (χ2n) is 9.34. The molecular weight excluding hydrogens is 336 g/mol. The van der Waals surface area contributed by atoms with E-state index in [2.05, 4.69) is 4.90 Å². The summed E-state index contributed by atoms with van der Waals surface area (Å²) in [5.74, 6) is -0.238. The lowest BCUT2D eigenvalue weighted by Gasteiger charge is -2.44. The van der Waals surface area contributed by atoms with Crippen LogP contribution in [0.1, 0.15) is 53.9 Å². The minimum Gasteiger partial charge on any atom is -0.457 e. The average molecular weight is 368 g/mol. The third kappa shape index (κ3) is 4.14. The van der Waals surface area contributed by atoms with E-state index in [1.807, 2.05) is 34.6 Å². The number of ether oxygens (including phenoxy) is 3. The molecule has 1 atom stereocenters. The molecule has 3 aliphatic heterocycles. The Labute approximate surface area is 155 Å². The fraction of sp³-hybridized carbons (Fsp3) is 0.895. The quantitative estimate of drug-likeness (QED) is 0.661. The van der Waals surface area contributed by atoms with Crippen LogP contribution in [0.4, 0.5) is 4.79 Å². The Morgan fingerprint density at radius 3 is 2.38 bits per heavy atom. The number of rotatable bonds is 1. The molecule has 0 saturated carbocycles. The summed E-state index contributed by atoms with van der Waals surface area (Å²) in [6.07, 6.45) is 2.11. The van der Waals surface area contributed by atoms with Crippen LogP contribution in [0.25, 0.3) is 0 Å². The van der Waals surface area contributed by atoms with E-state index in [9.17, 15) is 9.59 Å². The summed E-state index contributed by atoms with van der Waals surface area (Å²) in [5, 5.41) is 0. The molecular formula is C19H32N2O5. The summed E-state index contributed by atoms with van der Waals surface area (Å²) >= 11 is 0. The van der Waals surface area contributed by atoms with Gasteiger partial charge >= 0.3 is 12.1 Å². The highest BCUT2D eigenvalue weighted by molar-refractivity contribution is 5.83. The number of piperidine rings is 1. The molecule has 7 nitrogen and oxygen atoms in total. The second-order valence-corrected chi connectivity index (χ2v) is 9.34. The van der Waals surface area contributed by atoms with E-state index in [0.29, 0.717) is 38.7 Å². The molecule has 3 saturated heterocycles. The van der Waals surface area contributed by atoms with Gasteiger partial charge in [0.05, 0.1) is 6.61 Å². The summed E-state index contributed by atoms with van der Waals surface area (Å²) in [4.78, 5) is 28.8. The van der Waals surface area contributed by atoms with Crippen molar-refractivity contribution < 1.29 is 23.8 Å². The Morgan fingerprint density at radius 2 is 1.85 bits per heavy atom. The Balaban J connectivity index is 1.57. The molecule has 148 valence electrons. The zero-order valence-corrected chi connectivity index (χ0v) is 16.7. The largest absolute Gasteiger partial charge is 0.457 e. The van der Waals surface area contributed by atoms with Crippen LogP contribution in [-0.4, -0.2) is 77.5 Å². The van der Waals surface area contributed by atoms with Crippen molar-refractivity contribution in [2.24, 2.45) is 0 Å². The zero-order valence-electron chi connectivity index (χ0n) is 16.7. The van der Waals surface area contributed by atoms with Crippen LogP contribution >= 0.6 is 0 Å². The van der Waals surface area contributed by atoms with E-state index in [1.54, 1.807) is 4.90 Å². The molecule has 26 heavy (non-hydrogen) atoms. The van der Waals surface area contributed by atoms with Gasteiger partial charge in [-0.05, 0) is 47.5 Å². The molecule has 1 amide bonds. The summed E-state index contributed by atoms with van der Waals surface area (Å²) < 4.78 is 16.9. The van der Waals surface area contributed by atoms with Gasteiger partial charge in [-0.2, -0.15) is 0 Å². The molecule has 0 aromatic heterocycles. The van der Waals surface area contributed by atoms with Crippen molar-refractivity contribution in [1.29, 1.82) is 0 Å². The molecule has 3 fully saturated rings. The number of carbonyl (C=O) groups is 2. The molecule has 3 aliphatic rings. The smallest absolute Gasteiger partial charge is 0.410 e. The van der Waals surface area contributed by atoms with Crippen LogP contribution in [0, 0.1) is 0 Å². The number of amides is 1. The number of likely N-dealkylation sites (tertiary alicyclic amines) is 1. The maximum Gasteiger partial charge on any atom is 0.410 e. The Morgan fingerprint density at radius 1 is 1.19 bits per heavy atom. The number of hydrogen-bond acceptors (Lipinski definition) is 6. The van der Waals surface area contributed by atoms with Crippen molar-refractivity contribution in [3.8, 4) is 0 Å². The Hall–Kier alpha value is -1.34. The SMILES string of the molecule is CC(C)(C)OC(=O)N1CCC(N2CCOC3(C2)CC(C)(C)OC3=O)CC1. The molecule has 0 bridgehead atoms. The predicted molar refractivity (Wildman–Crippen MR) is 95.9 cm³/mol. The van der Waals surface area contributed by atoms with Gasteiger partial charge in [0.15, 0.2) is 5.60 Å². The van der Waals surface area contributed by atoms with Crippen LogP contribution in [0.5, 0.6) is 0 Å². The van der Waals surface area contributed by atoms with Crippen LogP contribution in [0.3, 0.4) is 0 Å². The van der Waals surface area contributed by atoms with Gasteiger partial charge in [0.1, 0.15) is 11.2 Å². The van der Waals surface area contributed by atoms with Gasteiger partial charge < -0.3 is 19.1 Å². The van der Waals surface area contributed by atoms with Crippen LogP contribution in [-0.2, 0) is 19.0 Å². The lowest BCUT2D eigenvalue weighted by Crippen LogP contribution is -2.59. The van der Waals surface area contributed by atoms with E-state index in [1.165, 1.54) is 0 Å². The van der Waals surface area contributed by atoms with Gasteiger partial charge in [-0.15, -0.1) is 0 Å². The lowest BCUT2D eigenvalue weighted by molar-refractivity contribution is -0.172. The van der Waals surface area contributed by atoms with Crippen molar-refractivity contribution in [2.75, 3.05) is 32.8 Å². The molecule has 3 heterocycles. The first-order chi connectivity index (χ1) is 12.0. The van der Waals surface area contributed by atoms with Crippen molar-refractivity contribution in [3.63, 3.8) is 0 Å². The van der Waals surface area contributed by atoms with E-state index in [4.69, 9.17) is 14.2 Å². The molecule has 0 N–H and O–H groups in total. The van der Waals surface area contributed by atoms with Gasteiger partial charge in [-0.3, -0.25) is 4.90 Å². The van der Waals surface area contributed by atoms with E-state index < -0.39 is 16.8 Å². The molecule has 0 aromatic rings. The van der Waals surface area contributed by atoms with Gasteiger partial charge in [-0.25, -0.2) is 9.59 Å². The first-order valence-electron chi connectivity index (χ1n) is 9.59. The highest BCUT2D eigenvalue weighted by Crippen LogP contribution is 2.39. The number of morpholine rings is 1. The fourth-order valence-corrected chi connectivity index (χ4v) is 4.23. The number of carbonyl (C=O) groups excluding carboxylic acids is 2. The number of nitrogens with zero attached hydrogens (tertiary/aromatic N) is 2. The maximum absolute atomic E-state index is 12.4. The first-order valence-corrected chi connectivity index (χ1v) is 9.59. The van der Waals surface area contributed by atoms with Gasteiger partial charge in [0.2, 0.25) is 0 Å². The number of hydrogen-bond donors (Lipinski definition) is 0. The molecule has 3 rings (SSSR count). The van der Waals surface area contributed by atoms with Crippen molar-refractivity contribution in [3.05, 3.63) is 0 Å². The Bertz CT molecular complexity index is 563. The monoisotopic (exact) mass is 368 g/mol. The zero-order chi connectivity index (χ0) is 19.2. The average Bonchev–Trinajstić information content (AvgIpc) is 2.74. The van der Waals surface area contributed by atoms with E-state index in [-0.39, 0.29) is 12.1 Å². The fourth-order valence-electron chi connectivity index (χ4n) is 4.23. The first kappa shape index (κ1) is 19.4. The van der Waals surface area contributed by atoms with Crippen LogP contribution in [0.15, 0.2) is 0 Å². The standard InChI is InChI=1S/C19H32N2O5/c1-17(2,3)26-16(23)20-8-6-14(7-9-20)21-10-11-24-19(13-21)12-18(4,5)25-15(19)22/h14H,6-13H2,1-5H3. The summed E-state index contributed by atoms with van der Waals surface area (Å²) in [5.41, 5.74) is -1.77. The van der Waals surface area contributed by atoms with E-state index in [0.717, 1.165) is 19.4 Å². The summed E-state index contributed by atoms with van der Waals surface area (Å²) in [7, 11) is 0. The van der Waals surface area contributed by atoms with Gasteiger partial charge in [0.25, 0.3) is 0 Å². The molecule has 0 aromatic carbocycles. The normalized spacial score (nSPS) is 30.5. The van der Waals surface area contributed by atoms with Gasteiger partial charge in [0, 0.05) is 38.6 Å². The van der Waals surface area contributed by atoms with Crippen molar-refractivity contribution >= 4 is 12.1 Å². The highest BCUT2D eigenvalue weighted by atomic mass is 16.6. The number of cyclic esters (lactones) is 1. The minimum atomic E-state index is -0.829. The third-order valence-corrected chi connectivity index (χ3v) is 5.30. The molecule has 7 heteroatoms. The molecule has 0 radical (unpaired) electrons. The Kier molecular flexibility index (Phi) is 4.99. The molecule has 1 unspecified atom stereocenters. The second kappa shape index (κ2) is 6.68. The molecule has 1 spiro atoms. The minimum absolute atomic E-state index is 0.238. The van der Waals surface area contributed by atoms with Crippen LogP contribution < -0.4 is 0 Å². The maximum atomic E-state index is 12.4. The highest BCUT2D eigenvalue weighted by Gasteiger charge is 2.56. The van der Waals surface area contributed by atoms with Gasteiger partial charge in [-0.1, -0.05) is 0 Å². The topological polar surface area (TPSA) is 68.3 Å². The predicted octanol–water partition coefficient (Wildman–Crippen LogP) is 2.18. The number of esters is 1. The third-order valence-electron chi connectivity index (χ3n) is 5.30. The summed E-state index contributed by atoms with van der Waals surface area (Å²) in [6, 6.07) is 0.353. The van der Waals surface area contributed by atoms with E-state index >= 15 is 0 Å². The lowest BCUT2D eigenvalue weighted by atomic mass is 9.90. The van der Waals surface area contributed by atoms with Crippen molar-refractivity contribution in [1.82, 2.24) is 9.80 Å². The van der Waals surface area contributed by atoms with Crippen LogP contribution in [0.2, 0.25) is 0 Å².